The van der Waals surface area contributed by atoms with Crippen molar-refractivity contribution >= 4 is 68.7 Å². The van der Waals surface area contributed by atoms with Crippen molar-refractivity contribution in [3.05, 3.63) is 48.1 Å². The number of rotatable bonds is 2. The zero-order valence-electron chi connectivity index (χ0n) is 8.34. The first kappa shape index (κ1) is 13.1. The summed E-state index contributed by atoms with van der Waals surface area (Å²) >= 11 is 15.4. The van der Waals surface area contributed by atoms with Gasteiger partial charge >= 0.3 is 0 Å². The Labute approximate surface area is 126 Å². The predicted molar refractivity (Wildman–Crippen MR) is 81.5 cm³/mol. The van der Waals surface area contributed by atoms with Crippen LogP contribution in [0.4, 0.5) is 5.69 Å². The van der Waals surface area contributed by atoms with E-state index in [0.29, 0.717) is 21.3 Å². The third kappa shape index (κ3) is 3.34. The van der Waals surface area contributed by atoms with Crippen molar-refractivity contribution in [1.82, 2.24) is 0 Å². The molecule has 17 heavy (non-hydrogen) atoms. The summed E-state index contributed by atoms with van der Waals surface area (Å²) < 4.78 is 1.06. The molecule has 2 rings (SSSR count). The molecule has 0 aliphatic heterocycles. The summed E-state index contributed by atoms with van der Waals surface area (Å²) in [5, 5.41) is 5.51. The van der Waals surface area contributed by atoms with Crippen LogP contribution in [0.25, 0.3) is 0 Å². The van der Waals surface area contributed by atoms with E-state index < -0.39 is 0 Å². The van der Waals surface area contributed by atoms with Gasteiger partial charge in [-0.05, 0) is 46.9 Å². The molecule has 0 atom stereocenters. The highest BCUT2D eigenvalue weighted by atomic mass is 127. The van der Waals surface area contributed by atoms with E-state index >= 15 is 0 Å². The Bertz CT molecular complexity index is 570. The summed E-state index contributed by atoms with van der Waals surface area (Å²) in [7, 11) is 0. The molecule has 0 aliphatic rings. The quantitative estimate of drug-likeness (QED) is 0.716. The van der Waals surface area contributed by atoms with Gasteiger partial charge in [-0.15, -0.1) is 11.3 Å². The number of amides is 1. The van der Waals surface area contributed by atoms with Crippen molar-refractivity contribution in [2.45, 2.75) is 0 Å². The molecule has 88 valence electrons. The minimum Gasteiger partial charge on any atom is -0.321 e. The Morgan fingerprint density at radius 2 is 2.06 bits per heavy atom. The molecule has 0 saturated heterocycles. The Morgan fingerprint density at radius 1 is 1.29 bits per heavy atom. The van der Waals surface area contributed by atoms with Crippen LogP contribution in [0.15, 0.2) is 29.6 Å². The maximum Gasteiger partial charge on any atom is 0.256 e. The number of thiophene rings is 1. The highest BCUT2D eigenvalue weighted by molar-refractivity contribution is 14.1. The maximum absolute atomic E-state index is 11.9. The van der Waals surface area contributed by atoms with Gasteiger partial charge in [0.2, 0.25) is 0 Å². The molecule has 2 aromatic rings. The highest BCUT2D eigenvalue weighted by Crippen LogP contribution is 2.26. The topological polar surface area (TPSA) is 29.1 Å². The van der Waals surface area contributed by atoms with E-state index in [1.165, 1.54) is 11.3 Å². The van der Waals surface area contributed by atoms with Crippen LogP contribution in [0.2, 0.25) is 10.0 Å². The molecule has 1 amide bonds. The van der Waals surface area contributed by atoms with Gasteiger partial charge in [-0.1, -0.05) is 23.2 Å². The lowest BCUT2D eigenvalue weighted by atomic mass is 10.3. The summed E-state index contributed by atoms with van der Waals surface area (Å²) in [5.74, 6) is -0.173. The molecule has 6 heteroatoms. The van der Waals surface area contributed by atoms with Gasteiger partial charge in [-0.25, -0.2) is 0 Å². The summed E-state index contributed by atoms with van der Waals surface area (Å²) in [6, 6.07) is 6.78. The number of halogens is 3. The first-order valence-electron chi connectivity index (χ1n) is 4.56. The molecular formula is C11H6Cl2INOS. The lowest BCUT2D eigenvalue weighted by Crippen LogP contribution is -2.11. The number of carbonyl (C=O) groups is 1. The van der Waals surface area contributed by atoms with Crippen LogP contribution in [0.1, 0.15) is 10.4 Å². The second kappa shape index (κ2) is 5.56. The fourth-order valence-electron chi connectivity index (χ4n) is 1.21. The van der Waals surface area contributed by atoms with E-state index in [-0.39, 0.29) is 5.91 Å². The van der Waals surface area contributed by atoms with Crippen LogP contribution < -0.4 is 5.32 Å². The molecule has 0 bridgehead atoms. The van der Waals surface area contributed by atoms with Gasteiger partial charge in [0.05, 0.1) is 19.2 Å². The molecule has 2 nitrogen and oxygen atoms in total. The van der Waals surface area contributed by atoms with Crippen LogP contribution in [0, 0.1) is 2.88 Å². The minimum absolute atomic E-state index is 0.173. The van der Waals surface area contributed by atoms with Crippen LogP contribution in [0.3, 0.4) is 0 Å². The van der Waals surface area contributed by atoms with Crippen molar-refractivity contribution in [3.8, 4) is 0 Å². The van der Waals surface area contributed by atoms with Crippen LogP contribution in [-0.2, 0) is 0 Å². The van der Waals surface area contributed by atoms with E-state index in [4.69, 9.17) is 23.2 Å². The lowest BCUT2D eigenvalue weighted by molar-refractivity contribution is 0.102. The van der Waals surface area contributed by atoms with Gasteiger partial charge in [0.1, 0.15) is 0 Å². The molecule has 0 saturated carbocycles. The normalized spacial score (nSPS) is 10.3. The predicted octanol–water partition coefficient (Wildman–Crippen LogP) is 4.91. The van der Waals surface area contributed by atoms with Crippen molar-refractivity contribution in [2.24, 2.45) is 0 Å². The molecule has 0 unspecified atom stereocenters. The lowest BCUT2D eigenvalue weighted by Gasteiger charge is -2.06. The van der Waals surface area contributed by atoms with Crippen LogP contribution in [-0.4, -0.2) is 5.91 Å². The Balaban J connectivity index is 2.18. The monoisotopic (exact) mass is 397 g/mol. The minimum atomic E-state index is -0.173. The van der Waals surface area contributed by atoms with Crippen molar-refractivity contribution < 1.29 is 4.79 Å². The van der Waals surface area contributed by atoms with Gasteiger partial charge in [-0.2, -0.15) is 0 Å². The number of hydrogen-bond donors (Lipinski definition) is 1. The van der Waals surface area contributed by atoms with Gasteiger partial charge in [0.15, 0.2) is 0 Å². The fourth-order valence-corrected chi connectivity index (χ4v) is 3.00. The zero-order chi connectivity index (χ0) is 12.4. The second-order valence-electron chi connectivity index (χ2n) is 3.22. The van der Waals surface area contributed by atoms with E-state index in [2.05, 4.69) is 27.9 Å². The zero-order valence-corrected chi connectivity index (χ0v) is 12.8. The summed E-state index contributed by atoms with van der Waals surface area (Å²) in [4.78, 5) is 11.9. The third-order valence-corrected chi connectivity index (χ3v) is 4.35. The first-order chi connectivity index (χ1) is 8.06. The average Bonchev–Trinajstić information content (AvgIpc) is 2.69. The summed E-state index contributed by atoms with van der Waals surface area (Å²) in [6.45, 7) is 0. The van der Waals surface area contributed by atoms with Crippen molar-refractivity contribution in [3.63, 3.8) is 0 Å². The molecule has 0 aliphatic carbocycles. The molecule has 1 heterocycles. The Kier molecular flexibility index (Phi) is 4.30. The van der Waals surface area contributed by atoms with E-state index in [0.717, 1.165) is 2.88 Å². The summed E-state index contributed by atoms with van der Waals surface area (Å²) in [5.41, 5.74) is 1.19. The van der Waals surface area contributed by atoms with Crippen molar-refractivity contribution in [2.75, 3.05) is 5.32 Å². The van der Waals surface area contributed by atoms with Gasteiger partial charge in [0, 0.05) is 10.4 Å². The average molecular weight is 398 g/mol. The Morgan fingerprint density at radius 3 is 2.65 bits per heavy atom. The van der Waals surface area contributed by atoms with Gasteiger partial charge in [0.25, 0.3) is 5.91 Å². The molecule has 1 N–H and O–H groups in total. The molecule has 0 fully saturated rings. The first-order valence-corrected chi connectivity index (χ1v) is 7.28. The molecule has 0 spiro atoms. The maximum atomic E-state index is 11.9. The van der Waals surface area contributed by atoms with Crippen LogP contribution >= 0.6 is 57.1 Å². The number of nitrogens with one attached hydrogen (secondary N) is 1. The number of benzene rings is 1. The van der Waals surface area contributed by atoms with Gasteiger partial charge in [-0.3, -0.25) is 4.79 Å². The number of carbonyl (C=O) groups excluding carboxylic acids is 1. The number of hydrogen-bond acceptors (Lipinski definition) is 2. The van der Waals surface area contributed by atoms with E-state index in [1.54, 1.807) is 23.6 Å². The van der Waals surface area contributed by atoms with E-state index in [9.17, 15) is 4.79 Å². The third-order valence-electron chi connectivity index (χ3n) is 2.01. The smallest absolute Gasteiger partial charge is 0.256 e. The van der Waals surface area contributed by atoms with Crippen LogP contribution in [0.5, 0.6) is 0 Å². The SMILES string of the molecule is O=C(Nc1ccc(Cl)cc1Cl)c1csc(I)c1. The fraction of sp³-hybridized carbons (Fsp3) is 0. The van der Waals surface area contributed by atoms with Gasteiger partial charge < -0.3 is 5.32 Å². The number of anilines is 1. The summed E-state index contributed by atoms with van der Waals surface area (Å²) in [6.07, 6.45) is 0. The molecule has 0 radical (unpaired) electrons. The Hall–Kier alpha value is -0.300. The van der Waals surface area contributed by atoms with Crippen molar-refractivity contribution in [1.29, 1.82) is 0 Å². The molecule has 1 aromatic carbocycles. The van der Waals surface area contributed by atoms with E-state index in [1.807, 2.05) is 6.07 Å². The molecule has 1 aromatic heterocycles. The standard InChI is InChI=1S/C11H6Cl2INOS/c12-7-1-2-9(8(13)4-7)15-11(16)6-3-10(14)17-5-6/h1-5H,(H,15,16). The largest absolute Gasteiger partial charge is 0.321 e. The second-order valence-corrected chi connectivity index (χ2v) is 6.87. The highest BCUT2D eigenvalue weighted by Gasteiger charge is 2.10. The molecular weight excluding hydrogens is 392 g/mol.